The summed E-state index contributed by atoms with van der Waals surface area (Å²) in [6.45, 7) is 0. The van der Waals surface area contributed by atoms with Gasteiger partial charge in [0.15, 0.2) is 4.77 Å². The van der Waals surface area contributed by atoms with Crippen LogP contribution in [0.25, 0.3) is 0 Å². The zero-order valence-electron chi connectivity index (χ0n) is 8.95. The van der Waals surface area contributed by atoms with Crippen LogP contribution in [0, 0.1) is 4.77 Å². The molecular weight excluding hydrogens is 208 g/mol. The second-order valence-electron chi connectivity index (χ2n) is 4.26. The molecule has 1 heterocycles. The first kappa shape index (κ1) is 10.6. The maximum Gasteiger partial charge on any atom is 0.254 e. The molecule has 0 bridgehead atoms. The fourth-order valence-corrected chi connectivity index (χ4v) is 2.41. The number of hydrogen-bond donors (Lipinski definition) is 1. The predicted octanol–water partition coefficient (Wildman–Crippen LogP) is 2.49. The quantitative estimate of drug-likeness (QED) is 0.744. The number of hydrogen-bond acceptors (Lipinski definition) is 2. The van der Waals surface area contributed by atoms with Crippen molar-refractivity contribution in [2.45, 2.75) is 38.0 Å². The van der Waals surface area contributed by atoms with Crippen LogP contribution in [-0.2, 0) is 7.05 Å². The Morgan fingerprint density at radius 3 is 2.67 bits per heavy atom. The number of aromatic amines is 1. The predicted molar refractivity (Wildman–Crippen MR) is 62.7 cm³/mol. The number of rotatable bonds is 1. The van der Waals surface area contributed by atoms with Gasteiger partial charge in [0.1, 0.15) is 0 Å². The molecule has 0 amide bonds. The highest BCUT2D eigenvalue weighted by molar-refractivity contribution is 7.71. The van der Waals surface area contributed by atoms with Crippen LogP contribution in [0.2, 0.25) is 0 Å². The Hall–Kier alpha value is -0.900. The first-order valence-electron chi connectivity index (χ1n) is 5.49. The fourth-order valence-electron chi connectivity index (χ4n) is 2.21. The smallest absolute Gasteiger partial charge is 0.254 e. The summed E-state index contributed by atoms with van der Waals surface area (Å²) in [6.07, 6.45) is 6.21. The third-order valence-corrected chi connectivity index (χ3v) is 3.59. The molecule has 4 heteroatoms. The molecule has 1 saturated carbocycles. The van der Waals surface area contributed by atoms with E-state index in [0.29, 0.717) is 10.7 Å². The minimum atomic E-state index is -0.000626. The molecule has 1 fully saturated rings. The van der Waals surface area contributed by atoms with Crippen molar-refractivity contribution in [2.24, 2.45) is 7.05 Å². The molecule has 3 nitrogen and oxygen atoms in total. The summed E-state index contributed by atoms with van der Waals surface area (Å²) in [6, 6.07) is 1.70. The molecule has 0 aliphatic heterocycles. The molecule has 1 aliphatic carbocycles. The number of nitrogens with zero attached hydrogens (tertiary/aromatic N) is 1. The summed E-state index contributed by atoms with van der Waals surface area (Å²) in [5, 5.41) is 0. The van der Waals surface area contributed by atoms with E-state index in [2.05, 4.69) is 4.98 Å². The highest BCUT2D eigenvalue weighted by atomic mass is 32.1. The summed E-state index contributed by atoms with van der Waals surface area (Å²) in [4.78, 5) is 14.7. The van der Waals surface area contributed by atoms with Gasteiger partial charge < -0.3 is 4.98 Å². The zero-order valence-corrected chi connectivity index (χ0v) is 9.77. The molecule has 0 radical (unpaired) electrons. The topological polar surface area (TPSA) is 37.8 Å². The van der Waals surface area contributed by atoms with Gasteiger partial charge in [0, 0.05) is 18.8 Å². The normalized spacial score (nSPS) is 17.9. The van der Waals surface area contributed by atoms with Crippen LogP contribution in [-0.4, -0.2) is 9.55 Å². The maximum absolute atomic E-state index is 11.6. The van der Waals surface area contributed by atoms with Gasteiger partial charge in [0.05, 0.1) is 0 Å². The lowest BCUT2D eigenvalue weighted by Crippen LogP contribution is -2.20. The summed E-state index contributed by atoms with van der Waals surface area (Å²) >= 11 is 5.10. The van der Waals surface area contributed by atoms with Gasteiger partial charge in [-0.1, -0.05) is 19.3 Å². The van der Waals surface area contributed by atoms with Crippen molar-refractivity contribution in [2.75, 3.05) is 0 Å². The Bertz CT molecular complexity index is 423. The van der Waals surface area contributed by atoms with Crippen molar-refractivity contribution in [3.8, 4) is 0 Å². The summed E-state index contributed by atoms with van der Waals surface area (Å²) in [7, 11) is 1.70. The van der Waals surface area contributed by atoms with Gasteiger partial charge >= 0.3 is 0 Å². The van der Waals surface area contributed by atoms with Crippen molar-refractivity contribution in [3.63, 3.8) is 0 Å². The van der Waals surface area contributed by atoms with Gasteiger partial charge in [-0.2, -0.15) is 0 Å². The molecule has 0 spiro atoms. The van der Waals surface area contributed by atoms with Crippen LogP contribution in [0.3, 0.4) is 0 Å². The second-order valence-corrected chi connectivity index (χ2v) is 4.65. The van der Waals surface area contributed by atoms with Gasteiger partial charge in [0.25, 0.3) is 5.56 Å². The third kappa shape index (κ3) is 2.20. The largest absolute Gasteiger partial charge is 0.335 e. The molecule has 1 aromatic rings. The SMILES string of the molecule is Cn1c(=O)cc(C2CCCCC2)[nH]c1=S. The molecule has 0 saturated heterocycles. The monoisotopic (exact) mass is 224 g/mol. The van der Waals surface area contributed by atoms with Gasteiger partial charge in [-0.15, -0.1) is 0 Å². The van der Waals surface area contributed by atoms with Gasteiger partial charge in [-0.05, 0) is 31.0 Å². The van der Waals surface area contributed by atoms with Crippen LogP contribution in [0.1, 0.15) is 43.7 Å². The molecule has 1 N–H and O–H groups in total. The Kier molecular flexibility index (Phi) is 3.05. The van der Waals surface area contributed by atoms with Crippen LogP contribution >= 0.6 is 12.2 Å². The molecule has 15 heavy (non-hydrogen) atoms. The van der Waals surface area contributed by atoms with Crippen molar-refractivity contribution in [1.82, 2.24) is 9.55 Å². The highest BCUT2D eigenvalue weighted by Gasteiger charge is 2.16. The van der Waals surface area contributed by atoms with E-state index in [0.717, 1.165) is 5.69 Å². The Morgan fingerprint density at radius 1 is 1.40 bits per heavy atom. The second kappa shape index (κ2) is 4.31. The van der Waals surface area contributed by atoms with E-state index in [1.54, 1.807) is 13.1 Å². The van der Waals surface area contributed by atoms with E-state index in [9.17, 15) is 4.79 Å². The van der Waals surface area contributed by atoms with E-state index < -0.39 is 0 Å². The first-order chi connectivity index (χ1) is 7.18. The minimum Gasteiger partial charge on any atom is -0.335 e. The summed E-state index contributed by atoms with van der Waals surface area (Å²) in [5.41, 5.74) is 1.03. The van der Waals surface area contributed by atoms with E-state index >= 15 is 0 Å². The minimum absolute atomic E-state index is 0.000626. The van der Waals surface area contributed by atoms with E-state index in [4.69, 9.17) is 12.2 Å². The Morgan fingerprint density at radius 2 is 2.07 bits per heavy atom. The fraction of sp³-hybridized carbons (Fsp3) is 0.636. The lowest BCUT2D eigenvalue weighted by Gasteiger charge is -2.21. The molecule has 0 atom stereocenters. The Balaban J connectivity index is 2.36. The van der Waals surface area contributed by atoms with Crippen LogP contribution in [0.15, 0.2) is 10.9 Å². The Labute approximate surface area is 94.1 Å². The standard InChI is InChI=1S/C11H16N2OS/c1-13-10(14)7-9(12-11(13)15)8-5-3-2-4-6-8/h7-8H,2-6H2,1H3,(H,12,15). The first-order valence-corrected chi connectivity index (χ1v) is 5.89. The lowest BCUT2D eigenvalue weighted by molar-refractivity contribution is 0.434. The lowest BCUT2D eigenvalue weighted by atomic mass is 9.87. The van der Waals surface area contributed by atoms with E-state index in [1.165, 1.54) is 36.7 Å². The molecule has 1 aliphatic rings. The van der Waals surface area contributed by atoms with Crippen molar-refractivity contribution >= 4 is 12.2 Å². The molecule has 82 valence electrons. The number of aromatic nitrogens is 2. The highest BCUT2D eigenvalue weighted by Crippen LogP contribution is 2.30. The average Bonchev–Trinajstić information content (AvgIpc) is 2.26. The van der Waals surface area contributed by atoms with E-state index in [1.807, 2.05) is 0 Å². The van der Waals surface area contributed by atoms with Crippen molar-refractivity contribution in [3.05, 3.63) is 26.9 Å². The van der Waals surface area contributed by atoms with Crippen LogP contribution in [0.5, 0.6) is 0 Å². The van der Waals surface area contributed by atoms with Crippen molar-refractivity contribution in [1.29, 1.82) is 0 Å². The van der Waals surface area contributed by atoms with Crippen molar-refractivity contribution < 1.29 is 0 Å². The van der Waals surface area contributed by atoms with E-state index in [-0.39, 0.29) is 5.56 Å². The van der Waals surface area contributed by atoms with Gasteiger partial charge in [-0.3, -0.25) is 9.36 Å². The maximum atomic E-state index is 11.6. The van der Waals surface area contributed by atoms with Gasteiger partial charge in [-0.25, -0.2) is 0 Å². The summed E-state index contributed by atoms with van der Waals surface area (Å²) < 4.78 is 2.00. The molecule has 0 aromatic carbocycles. The third-order valence-electron chi connectivity index (χ3n) is 3.21. The zero-order chi connectivity index (χ0) is 10.8. The van der Waals surface area contributed by atoms with Crippen LogP contribution in [0.4, 0.5) is 0 Å². The van der Waals surface area contributed by atoms with Gasteiger partial charge in [0.2, 0.25) is 0 Å². The molecule has 0 unspecified atom stereocenters. The molecule has 2 rings (SSSR count). The molecular formula is C11H16N2OS. The van der Waals surface area contributed by atoms with Crippen LogP contribution < -0.4 is 5.56 Å². The number of nitrogens with one attached hydrogen (secondary N) is 1. The number of H-pyrrole nitrogens is 1. The average molecular weight is 224 g/mol. The molecule has 1 aromatic heterocycles. The summed E-state index contributed by atoms with van der Waals surface area (Å²) in [5.74, 6) is 0.509.